The molecule has 4 aromatic rings. The maximum atomic E-state index is 12.4. The van der Waals surface area contributed by atoms with Gasteiger partial charge in [-0.3, -0.25) is 4.79 Å². The minimum Gasteiger partial charge on any atom is -0.490 e. The van der Waals surface area contributed by atoms with E-state index < -0.39 is 5.91 Å². The molecule has 2 aromatic heterocycles. The van der Waals surface area contributed by atoms with E-state index in [2.05, 4.69) is 21.8 Å². The summed E-state index contributed by atoms with van der Waals surface area (Å²) >= 11 is 0. The van der Waals surface area contributed by atoms with Gasteiger partial charge >= 0.3 is 0 Å². The third-order valence-electron chi connectivity index (χ3n) is 5.54. The summed E-state index contributed by atoms with van der Waals surface area (Å²) in [5.41, 5.74) is 9.99. The number of pyridine rings is 1. The molecule has 2 aromatic carbocycles. The van der Waals surface area contributed by atoms with Crippen molar-refractivity contribution in [2.45, 2.75) is 32.3 Å². The summed E-state index contributed by atoms with van der Waals surface area (Å²) in [4.78, 5) is 19.9. The van der Waals surface area contributed by atoms with Crippen LogP contribution in [0.25, 0.3) is 10.9 Å². The molecule has 4 N–H and O–H groups in total. The molecule has 34 heavy (non-hydrogen) atoms. The fraction of sp³-hybridized carbons (Fsp3) is 0.214. The van der Waals surface area contributed by atoms with Gasteiger partial charge in [-0.25, -0.2) is 4.98 Å². The predicted octanol–water partition coefficient (Wildman–Crippen LogP) is 4.17. The number of aromatic amines is 1. The Morgan fingerprint density at radius 1 is 1.15 bits per heavy atom. The minimum absolute atomic E-state index is 0.136. The average Bonchev–Trinajstić information content (AvgIpc) is 3.24. The van der Waals surface area contributed by atoms with Gasteiger partial charge in [-0.15, -0.1) is 0 Å². The molecule has 0 radical (unpaired) electrons. The molecular weight excluding hydrogens is 426 g/mol. The van der Waals surface area contributed by atoms with Crippen molar-refractivity contribution in [1.29, 1.82) is 0 Å². The number of benzene rings is 2. The molecule has 1 amide bonds. The third-order valence-corrected chi connectivity index (χ3v) is 5.54. The highest BCUT2D eigenvalue weighted by atomic mass is 16.5. The number of aliphatic hydroxyl groups excluding tert-OH is 1. The zero-order valence-electron chi connectivity index (χ0n) is 19.2. The number of nitrogens with two attached hydrogens (primary N) is 1. The molecule has 0 aliphatic carbocycles. The normalized spacial score (nSPS) is 11.8. The molecule has 2 heterocycles. The lowest BCUT2D eigenvalue weighted by molar-refractivity contribution is 0.0994. The Hall–Kier alpha value is -4.08. The number of nitrogens with zero attached hydrogens (tertiary/aromatic N) is 1. The minimum atomic E-state index is -0.609. The fourth-order valence-electron chi connectivity index (χ4n) is 3.99. The van der Waals surface area contributed by atoms with Crippen molar-refractivity contribution in [3.8, 4) is 17.6 Å². The van der Waals surface area contributed by atoms with Crippen LogP contribution >= 0.6 is 0 Å². The van der Waals surface area contributed by atoms with Gasteiger partial charge in [0.05, 0.1) is 18.3 Å². The smallest absolute Gasteiger partial charge is 0.252 e. The van der Waals surface area contributed by atoms with Gasteiger partial charge in [0.25, 0.3) is 5.91 Å². The Labute approximate surface area is 198 Å². The number of hydrogen-bond acceptors (Lipinski definition) is 4. The summed E-state index contributed by atoms with van der Waals surface area (Å²) in [5, 5.41) is 11.5. The van der Waals surface area contributed by atoms with Gasteiger partial charge in [0.1, 0.15) is 11.4 Å². The van der Waals surface area contributed by atoms with Crippen molar-refractivity contribution in [3.05, 3.63) is 94.9 Å². The first-order valence-corrected chi connectivity index (χ1v) is 11.2. The van der Waals surface area contributed by atoms with Crippen molar-refractivity contribution < 1.29 is 14.6 Å². The van der Waals surface area contributed by atoms with Gasteiger partial charge in [-0.1, -0.05) is 30.2 Å². The summed E-state index contributed by atoms with van der Waals surface area (Å²) in [5.74, 6) is 5.55. The van der Waals surface area contributed by atoms with Crippen molar-refractivity contribution in [2.75, 3.05) is 6.61 Å². The number of carbonyl (C=O) groups excluding carboxylic acids is 1. The number of aliphatic hydroxyl groups is 1. The number of H-pyrrole nitrogens is 1. The first-order chi connectivity index (χ1) is 16.5. The van der Waals surface area contributed by atoms with Crippen LogP contribution in [0.5, 0.6) is 5.75 Å². The summed E-state index contributed by atoms with van der Waals surface area (Å²) in [6.07, 6.45) is 3.99. The zero-order valence-corrected chi connectivity index (χ0v) is 19.2. The first kappa shape index (κ1) is 23.1. The summed E-state index contributed by atoms with van der Waals surface area (Å²) in [6.45, 7) is 3.64. The summed E-state index contributed by atoms with van der Waals surface area (Å²) < 4.78 is 6.06. The Kier molecular flexibility index (Phi) is 6.95. The molecule has 6 nitrogen and oxygen atoms in total. The Balaban J connectivity index is 1.82. The van der Waals surface area contributed by atoms with Gasteiger partial charge < -0.3 is 20.6 Å². The molecular formula is C28H27N3O3. The van der Waals surface area contributed by atoms with Crippen LogP contribution in [0.4, 0.5) is 0 Å². The van der Waals surface area contributed by atoms with Gasteiger partial charge in [0.2, 0.25) is 0 Å². The number of ether oxygens (including phenoxy) is 1. The van der Waals surface area contributed by atoms with Crippen LogP contribution in [0.2, 0.25) is 0 Å². The molecule has 1 atom stereocenters. The topological polar surface area (TPSA) is 101 Å². The maximum absolute atomic E-state index is 12.4. The van der Waals surface area contributed by atoms with Gasteiger partial charge in [-0.2, -0.15) is 0 Å². The maximum Gasteiger partial charge on any atom is 0.252 e. The second-order valence-electron chi connectivity index (χ2n) is 8.38. The van der Waals surface area contributed by atoms with E-state index in [1.54, 1.807) is 12.3 Å². The standard InChI is InChI=1S/C28H27N3O3/c1-18(2)34-27-24(21(17-32)15-20-16-31-26-9-4-3-8-23(20)26)13-19(14-25(27)28(29)33)10-11-22-7-5-6-12-30-22/h3-9,12-14,16,18,21,31-32H,15,17H2,1-2H3,(H2,29,33)/t21-/m0/s1. The molecule has 0 bridgehead atoms. The van der Waals surface area contributed by atoms with E-state index in [0.717, 1.165) is 16.5 Å². The number of amides is 1. The SMILES string of the molecule is CC(C)Oc1c(C(N)=O)cc(C#Cc2ccccn2)cc1[C@H](CO)Cc1c[nH]c2ccccc12. The predicted molar refractivity (Wildman–Crippen MR) is 133 cm³/mol. The van der Waals surface area contributed by atoms with Crippen LogP contribution in [0.1, 0.15) is 52.5 Å². The number of rotatable bonds is 7. The number of nitrogens with one attached hydrogen (secondary N) is 1. The molecule has 4 rings (SSSR count). The monoisotopic (exact) mass is 453 g/mol. The number of para-hydroxylation sites is 1. The molecule has 0 aliphatic heterocycles. The van der Waals surface area contributed by atoms with Crippen molar-refractivity contribution in [1.82, 2.24) is 9.97 Å². The van der Waals surface area contributed by atoms with Crippen molar-refractivity contribution in [2.24, 2.45) is 5.73 Å². The molecule has 0 fully saturated rings. The molecule has 0 spiro atoms. The Bertz CT molecular complexity index is 1360. The highest BCUT2D eigenvalue weighted by Gasteiger charge is 2.24. The highest BCUT2D eigenvalue weighted by Crippen LogP contribution is 2.35. The molecule has 0 unspecified atom stereocenters. The van der Waals surface area contributed by atoms with Crippen LogP contribution in [-0.2, 0) is 6.42 Å². The first-order valence-electron chi connectivity index (χ1n) is 11.2. The fourth-order valence-corrected chi connectivity index (χ4v) is 3.99. The van der Waals surface area contributed by atoms with E-state index in [-0.39, 0.29) is 24.2 Å². The zero-order chi connectivity index (χ0) is 24.1. The second kappa shape index (κ2) is 10.2. The van der Waals surface area contributed by atoms with E-state index in [0.29, 0.717) is 29.0 Å². The van der Waals surface area contributed by atoms with Gasteiger partial charge in [-0.05, 0) is 62.1 Å². The number of primary amides is 1. The second-order valence-corrected chi connectivity index (χ2v) is 8.38. The Morgan fingerprint density at radius 3 is 2.65 bits per heavy atom. The Morgan fingerprint density at radius 2 is 1.94 bits per heavy atom. The lowest BCUT2D eigenvalue weighted by Gasteiger charge is -2.23. The van der Waals surface area contributed by atoms with Crippen LogP contribution in [0.3, 0.4) is 0 Å². The average molecular weight is 454 g/mol. The van der Waals surface area contributed by atoms with E-state index in [4.69, 9.17) is 10.5 Å². The summed E-state index contributed by atoms with van der Waals surface area (Å²) in [7, 11) is 0. The molecule has 0 aliphatic rings. The van der Waals surface area contributed by atoms with Crippen molar-refractivity contribution in [3.63, 3.8) is 0 Å². The van der Waals surface area contributed by atoms with E-state index >= 15 is 0 Å². The molecule has 6 heteroatoms. The van der Waals surface area contributed by atoms with Crippen LogP contribution in [-0.4, -0.2) is 33.7 Å². The summed E-state index contributed by atoms with van der Waals surface area (Å²) in [6, 6.07) is 17.0. The lowest BCUT2D eigenvalue weighted by atomic mass is 9.88. The van der Waals surface area contributed by atoms with E-state index in [9.17, 15) is 9.90 Å². The lowest BCUT2D eigenvalue weighted by Crippen LogP contribution is -2.19. The van der Waals surface area contributed by atoms with Crippen LogP contribution < -0.4 is 10.5 Å². The number of aromatic nitrogens is 2. The van der Waals surface area contributed by atoms with Gasteiger partial charge in [0, 0.05) is 40.3 Å². The molecule has 0 saturated heterocycles. The van der Waals surface area contributed by atoms with Crippen molar-refractivity contribution >= 4 is 16.8 Å². The largest absolute Gasteiger partial charge is 0.490 e. The number of hydrogen-bond donors (Lipinski definition) is 3. The molecule has 0 saturated carbocycles. The third kappa shape index (κ3) is 5.11. The molecule has 172 valence electrons. The van der Waals surface area contributed by atoms with E-state index in [1.165, 1.54) is 0 Å². The van der Waals surface area contributed by atoms with Crippen LogP contribution in [0.15, 0.2) is 67.0 Å². The van der Waals surface area contributed by atoms with Crippen LogP contribution in [0, 0.1) is 11.8 Å². The number of fused-ring (bicyclic) bond motifs is 1. The van der Waals surface area contributed by atoms with E-state index in [1.807, 2.05) is 68.6 Å². The quantitative estimate of drug-likeness (QED) is 0.366. The highest BCUT2D eigenvalue weighted by molar-refractivity contribution is 5.96. The number of carbonyl (C=O) groups is 1. The van der Waals surface area contributed by atoms with Gasteiger partial charge in [0.15, 0.2) is 0 Å².